The van der Waals surface area contributed by atoms with Gasteiger partial charge in [0.1, 0.15) is 12.4 Å². The average Bonchev–Trinajstić information content (AvgIpc) is 2.81. The summed E-state index contributed by atoms with van der Waals surface area (Å²) in [4.78, 5) is 12.5. The van der Waals surface area contributed by atoms with Crippen LogP contribution in [0.1, 0.15) is 46.8 Å². The van der Waals surface area contributed by atoms with Crippen molar-refractivity contribution in [2.45, 2.75) is 33.2 Å². The molecule has 3 aromatic rings. The molecule has 0 aliphatic heterocycles. The van der Waals surface area contributed by atoms with Gasteiger partial charge >= 0.3 is 0 Å². The van der Waals surface area contributed by atoms with E-state index in [0.717, 1.165) is 16.7 Å². The van der Waals surface area contributed by atoms with E-state index >= 15 is 0 Å². The molecule has 6 nitrogen and oxygen atoms in total. The maximum atomic E-state index is 12.7. The zero-order chi connectivity index (χ0) is 25.6. The summed E-state index contributed by atoms with van der Waals surface area (Å²) in [6.07, 6.45) is 1.22. The minimum Gasteiger partial charge on any atom is -0.492 e. The van der Waals surface area contributed by atoms with E-state index in [1.54, 1.807) is 48.5 Å². The average molecular weight is 515 g/mol. The van der Waals surface area contributed by atoms with Crippen LogP contribution in [0.5, 0.6) is 5.75 Å². The van der Waals surface area contributed by atoms with Gasteiger partial charge in [-0.2, -0.15) is 0 Å². The maximum Gasteiger partial charge on any atom is 0.251 e. The van der Waals surface area contributed by atoms with Crippen molar-refractivity contribution in [3.05, 3.63) is 94.0 Å². The third-order valence-electron chi connectivity index (χ3n) is 5.55. The van der Waals surface area contributed by atoms with Gasteiger partial charge in [0.15, 0.2) is 0 Å². The first-order valence-electron chi connectivity index (χ1n) is 11.4. The molecule has 1 amide bonds. The normalized spacial score (nSPS) is 11.4. The Morgan fingerprint density at radius 1 is 1.03 bits per heavy atom. The molecule has 0 saturated heterocycles. The van der Waals surface area contributed by atoms with Gasteiger partial charge in [-0.05, 0) is 65.9 Å². The Morgan fingerprint density at radius 2 is 1.69 bits per heavy atom. The number of benzene rings is 3. The second-order valence-corrected chi connectivity index (χ2v) is 11.0. The van der Waals surface area contributed by atoms with Crippen molar-refractivity contribution < 1.29 is 17.9 Å². The standard InChI is InChI=1S/C27H31ClN2O4S/c1-19(2)25-7-5-6-20(3)26(25)30(35(4,32)33)18-21-8-10-22(11-9-21)27(31)29-16-17-34-24-14-12-23(28)13-15-24/h5-15,19H,16-18H2,1-4H3,(H,29,31). The lowest BCUT2D eigenvalue weighted by Gasteiger charge is -2.28. The second kappa shape index (κ2) is 11.6. The maximum absolute atomic E-state index is 12.7. The van der Waals surface area contributed by atoms with E-state index in [9.17, 15) is 13.2 Å². The molecule has 8 heteroatoms. The highest BCUT2D eigenvalue weighted by Crippen LogP contribution is 2.33. The summed E-state index contributed by atoms with van der Waals surface area (Å²) >= 11 is 5.86. The number of amides is 1. The zero-order valence-corrected chi connectivity index (χ0v) is 22.0. The van der Waals surface area contributed by atoms with E-state index in [1.807, 2.05) is 39.0 Å². The van der Waals surface area contributed by atoms with Gasteiger partial charge in [-0.3, -0.25) is 9.10 Å². The highest BCUT2D eigenvalue weighted by atomic mass is 35.5. The highest BCUT2D eigenvalue weighted by molar-refractivity contribution is 7.92. The molecule has 0 aliphatic rings. The summed E-state index contributed by atoms with van der Waals surface area (Å²) in [6.45, 7) is 6.86. The lowest BCUT2D eigenvalue weighted by atomic mass is 9.98. The van der Waals surface area contributed by atoms with E-state index in [4.69, 9.17) is 16.3 Å². The van der Waals surface area contributed by atoms with Crippen molar-refractivity contribution in [3.63, 3.8) is 0 Å². The van der Waals surface area contributed by atoms with Crippen molar-refractivity contribution in [1.82, 2.24) is 5.32 Å². The number of hydrogen-bond acceptors (Lipinski definition) is 4. The fraction of sp³-hybridized carbons (Fsp3) is 0.296. The summed E-state index contributed by atoms with van der Waals surface area (Å²) in [5, 5.41) is 3.45. The second-order valence-electron chi connectivity index (χ2n) is 8.69. The van der Waals surface area contributed by atoms with Crippen molar-refractivity contribution in [3.8, 4) is 5.75 Å². The molecule has 186 valence electrons. The summed E-state index contributed by atoms with van der Waals surface area (Å²) in [7, 11) is -3.53. The minimum atomic E-state index is -3.53. The highest BCUT2D eigenvalue weighted by Gasteiger charge is 2.23. The van der Waals surface area contributed by atoms with E-state index in [2.05, 4.69) is 5.32 Å². The van der Waals surface area contributed by atoms with Crippen molar-refractivity contribution >= 4 is 33.2 Å². The Hall–Kier alpha value is -3.03. The number of ether oxygens (including phenoxy) is 1. The van der Waals surface area contributed by atoms with Crippen molar-refractivity contribution in [1.29, 1.82) is 0 Å². The summed E-state index contributed by atoms with van der Waals surface area (Å²) in [6, 6.07) is 19.8. The first kappa shape index (κ1) is 26.6. The minimum absolute atomic E-state index is 0.170. The van der Waals surface area contributed by atoms with E-state index < -0.39 is 10.0 Å². The molecule has 0 fully saturated rings. The Morgan fingerprint density at radius 3 is 2.29 bits per heavy atom. The smallest absolute Gasteiger partial charge is 0.251 e. The molecule has 0 bridgehead atoms. The number of para-hydroxylation sites is 1. The molecular weight excluding hydrogens is 484 g/mol. The molecule has 0 radical (unpaired) electrons. The Kier molecular flexibility index (Phi) is 8.81. The number of nitrogens with one attached hydrogen (secondary N) is 1. The molecule has 0 spiro atoms. The van der Waals surface area contributed by atoms with Crippen LogP contribution in [-0.4, -0.2) is 33.7 Å². The van der Waals surface area contributed by atoms with E-state index in [-0.39, 0.29) is 18.4 Å². The van der Waals surface area contributed by atoms with Crippen LogP contribution in [0.3, 0.4) is 0 Å². The van der Waals surface area contributed by atoms with Gasteiger partial charge < -0.3 is 10.1 Å². The van der Waals surface area contributed by atoms with Gasteiger partial charge in [0.2, 0.25) is 10.0 Å². The Balaban J connectivity index is 1.66. The summed E-state index contributed by atoms with van der Waals surface area (Å²) < 4.78 is 32.5. The summed E-state index contributed by atoms with van der Waals surface area (Å²) in [5.41, 5.74) is 3.87. The number of carbonyl (C=O) groups excluding carboxylic acids is 1. The van der Waals surface area contributed by atoms with Crippen molar-refractivity contribution in [2.24, 2.45) is 0 Å². The number of anilines is 1. The van der Waals surface area contributed by atoms with Crippen LogP contribution < -0.4 is 14.4 Å². The molecule has 1 N–H and O–H groups in total. The fourth-order valence-corrected chi connectivity index (χ4v) is 4.83. The molecule has 0 atom stereocenters. The number of carbonyl (C=O) groups is 1. The van der Waals surface area contributed by atoms with Crippen LogP contribution in [0.25, 0.3) is 0 Å². The quantitative estimate of drug-likeness (QED) is 0.360. The predicted molar refractivity (Wildman–Crippen MR) is 142 cm³/mol. The molecule has 35 heavy (non-hydrogen) atoms. The predicted octanol–water partition coefficient (Wildman–Crippen LogP) is 5.55. The molecular formula is C27H31ClN2O4S. The van der Waals surface area contributed by atoms with Gasteiger partial charge in [-0.15, -0.1) is 0 Å². The van der Waals surface area contributed by atoms with Crippen LogP contribution >= 0.6 is 11.6 Å². The number of halogens is 1. The van der Waals surface area contributed by atoms with Gasteiger partial charge in [0.25, 0.3) is 5.91 Å². The molecule has 0 unspecified atom stereocenters. The molecule has 0 heterocycles. The lowest BCUT2D eigenvalue weighted by Crippen LogP contribution is -2.31. The molecule has 0 aliphatic carbocycles. The third-order valence-corrected chi connectivity index (χ3v) is 6.92. The molecule has 0 aromatic heterocycles. The zero-order valence-electron chi connectivity index (χ0n) is 20.4. The molecule has 0 saturated carbocycles. The van der Waals surface area contributed by atoms with Gasteiger partial charge in [0, 0.05) is 10.6 Å². The van der Waals surface area contributed by atoms with Gasteiger partial charge in [-0.1, -0.05) is 55.8 Å². The SMILES string of the molecule is Cc1cccc(C(C)C)c1N(Cc1ccc(C(=O)NCCOc2ccc(Cl)cc2)cc1)S(C)(=O)=O. The first-order valence-corrected chi connectivity index (χ1v) is 13.6. The van der Waals surface area contributed by atoms with E-state index in [0.29, 0.717) is 35.2 Å². The number of sulfonamides is 1. The molecule has 3 rings (SSSR count). The number of aryl methyl sites for hydroxylation is 1. The molecule has 3 aromatic carbocycles. The number of hydrogen-bond donors (Lipinski definition) is 1. The number of nitrogens with zero attached hydrogens (tertiary/aromatic N) is 1. The summed E-state index contributed by atoms with van der Waals surface area (Å²) in [5.74, 6) is 0.624. The topological polar surface area (TPSA) is 75.7 Å². The van der Waals surface area contributed by atoms with Gasteiger partial charge in [-0.25, -0.2) is 8.42 Å². The van der Waals surface area contributed by atoms with Crippen LogP contribution in [0.2, 0.25) is 5.02 Å². The first-order chi connectivity index (χ1) is 16.6. The fourth-order valence-electron chi connectivity index (χ4n) is 3.74. The van der Waals surface area contributed by atoms with Gasteiger partial charge in [0.05, 0.1) is 25.0 Å². The Bertz CT molecular complexity index is 1260. The largest absolute Gasteiger partial charge is 0.492 e. The monoisotopic (exact) mass is 514 g/mol. The third kappa shape index (κ3) is 7.23. The lowest BCUT2D eigenvalue weighted by molar-refractivity contribution is 0.0947. The Labute approximate surface area is 212 Å². The van der Waals surface area contributed by atoms with Crippen LogP contribution in [-0.2, 0) is 16.6 Å². The van der Waals surface area contributed by atoms with E-state index in [1.165, 1.54) is 10.6 Å². The van der Waals surface area contributed by atoms with Crippen LogP contribution in [0, 0.1) is 6.92 Å². The van der Waals surface area contributed by atoms with Crippen LogP contribution in [0.4, 0.5) is 5.69 Å². The number of rotatable bonds is 10. The van der Waals surface area contributed by atoms with Crippen LogP contribution in [0.15, 0.2) is 66.7 Å². The van der Waals surface area contributed by atoms with Crippen molar-refractivity contribution in [2.75, 3.05) is 23.7 Å².